The van der Waals surface area contributed by atoms with Crippen LogP contribution >= 0.6 is 23.2 Å². The van der Waals surface area contributed by atoms with Crippen LogP contribution < -0.4 is 0 Å². The van der Waals surface area contributed by atoms with Gasteiger partial charge in [0.15, 0.2) is 0 Å². The summed E-state index contributed by atoms with van der Waals surface area (Å²) in [5.74, 6) is -1.31. The molecule has 1 rings (SSSR count). The molecule has 5 heteroatoms. The molecule has 0 atom stereocenters. The summed E-state index contributed by atoms with van der Waals surface area (Å²) in [5, 5.41) is 0.878. The summed E-state index contributed by atoms with van der Waals surface area (Å²) in [5.41, 5.74) is 0.476. The fraction of sp³-hybridized carbons (Fsp3) is 0.250. The lowest BCUT2D eigenvalue weighted by molar-refractivity contribution is -0.127. The van der Waals surface area contributed by atoms with Crippen LogP contribution in [0.1, 0.15) is 13.8 Å². The predicted octanol–water partition coefficient (Wildman–Crippen LogP) is 3.49. The molecule has 17 heavy (non-hydrogen) atoms. The largest absolute Gasteiger partial charge is 0.299 e. The number of carbonyl (C=O) groups excluding carboxylic acids is 2. The van der Waals surface area contributed by atoms with Gasteiger partial charge in [0, 0.05) is 11.2 Å². The van der Waals surface area contributed by atoms with Crippen LogP contribution in [-0.2, 0) is 9.59 Å². The van der Waals surface area contributed by atoms with E-state index in [2.05, 4.69) is 4.99 Å². The van der Waals surface area contributed by atoms with E-state index < -0.39 is 5.92 Å². The molecule has 0 saturated carbocycles. The van der Waals surface area contributed by atoms with Gasteiger partial charge < -0.3 is 0 Å². The Balaban J connectivity index is 2.96. The molecule has 0 saturated heterocycles. The lowest BCUT2D eigenvalue weighted by atomic mass is 10.0. The predicted molar refractivity (Wildman–Crippen MR) is 69.5 cm³/mol. The van der Waals surface area contributed by atoms with Gasteiger partial charge in [-0.25, -0.2) is 0 Å². The van der Waals surface area contributed by atoms with Crippen LogP contribution in [0.3, 0.4) is 0 Å². The number of rotatable bonds is 4. The van der Waals surface area contributed by atoms with Gasteiger partial charge in [-0.3, -0.25) is 14.6 Å². The normalized spacial score (nSPS) is 11.1. The summed E-state index contributed by atoms with van der Waals surface area (Å²) in [6.07, 6.45) is 1.31. The Morgan fingerprint density at radius 3 is 2.29 bits per heavy atom. The lowest BCUT2D eigenvalue weighted by Crippen LogP contribution is -2.20. The number of hydrogen-bond donors (Lipinski definition) is 0. The third-order valence-electron chi connectivity index (χ3n) is 2.15. The van der Waals surface area contributed by atoms with E-state index in [1.54, 1.807) is 18.2 Å². The van der Waals surface area contributed by atoms with E-state index in [0.717, 1.165) is 0 Å². The molecule has 3 nitrogen and oxygen atoms in total. The van der Waals surface area contributed by atoms with Crippen LogP contribution in [-0.4, -0.2) is 17.8 Å². The molecule has 0 N–H and O–H groups in total. The summed E-state index contributed by atoms with van der Waals surface area (Å²) < 4.78 is 0. The van der Waals surface area contributed by atoms with Gasteiger partial charge in [-0.15, -0.1) is 0 Å². The smallest absolute Gasteiger partial charge is 0.145 e. The minimum absolute atomic E-state index is 0.244. The summed E-state index contributed by atoms with van der Waals surface area (Å²) in [4.78, 5) is 26.4. The summed E-state index contributed by atoms with van der Waals surface area (Å²) in [6, 6.07) is 4.81. The first-order valence-electron chi connectivity index (χ1n) is 4.92. The van der Waals surface area contributed by atoms with Crippen molar-refractivity contribution in [2.75, 3.05) is 0 Å². The van der Waals surface area contributed by atoms with Crippen molar-refractivity contribution in [3.8, 4) is 0 Å². The number of carbonyl (C=O) groups is 2. The summed E-state index contributed by atoms with van der Waals surface area (Å²) in [7, 11) is 0. The highest BCUT2D eigenvalue weighted by atomic mass is 35.5. The summed E-state index contributed by atoms with van der Waals surface area (Å²) >= 11 is 11.6. The average Bonchev–Trinajstić information content (AvgIpc) is 2.20. The van der Waals surface area contributed by atoms with Crippen molar-refractivity contribution in [3.63, 3.8) is 0 Å². The Morgan fingerprint density at radius 1 is 1.24 bits per heavy atom. The number of ketones is 2. The molecule has 0 aliphatic carbocycles. The van der Waals surface area contributed by atoms with Gasteiger partial charge in [0.25, 0.3) is 0 Å². The Labute approximate surface area is 109 Å². The zero-order valence-corrected chi connectivity index (χ0v) is 10.9. The van der Waals surface area contributed by atoms with E-state index in [1.165, 1.54) is 20.1 Å². The molecule has 0 radical (unpaired) electrons. The number of nitrogens with zero attached hydrogens (tertiary/aromatic N) is 1. The van der Waals surface area contributed by atoms with Gasteiger partial charge in [0.05, 0.1) is 10.7 Å². The lowest BCUT2D eigenvalue weighted by Gasteiger charge is -2.03. The van der Waals surface area contributed by atoms with Gasteiger partial charge in [0.2, 0.25) is 0 Å². The topological polar surface area (TPSA) is 46.5 Å². The van der Waals surface area contributed by atoms with Crippen LogP contribution in [0, 0.1) is 5.92 Å². The molecular formula is C12H11Cl2NO2. The first kappa shape index (κ1) is 13.9. The quantitative estimate of drug-likeness (QED) is 0.622. The fourth-order valence-electron chi connectivity index (χ4n) is 1.24. The van der Waals surface area contributed by atoms with E-state index >= 15 is 0 Å². The molecule has 0 unspecified atom stereocenters. The van der Waals surface area contributed by atoms with Crippen molar-refractivity contribution in [2.45, 2.75) is 13.8 Å². The molecule has 0 bridgehead atoms. The van der Waals surface area contributed by atoms with Gasteiger partial charge >= 0.3 is 0 Å². The minimum Gasteiger partial charge on any atom is -0.299 e. The zero-order chi connectivity index (χ0) is 13.0. The van der Waals surface area contributed by atoms with Gasteiger partial charge in [-0.05, 0) is 32.0 Å². The van der Waals surface area contributed by atoms with Gasteiger partial charge in [-0.2, -0.15) is 0 Å². The Kier molecular flexibility index (Phi) is 4.85. The Morgan fingerprint density at radius 2 is 1.82 bits per heavy atom. The standard InChI is InChI=1S/C12H11Cl2NO2/c1-7(16)10(8(2)17)6-15-12-4-3-9(13)5-11(12)14/h3-6,10H,1-2H3. The molecule has 0 aliphatic rings. The van der Waals surface area contributed by atoms with E-state index in [1.807, 2.05) is 0 Å². The molecule has 0 fully saturated rings. The van der Waals surface area contributed by atoms with Crippen molar-refractivity contribution in [1.82, 2.24) is 0 Å². The van der Waals surface area contributed by atoms with Crippen LogP contribution in [0.5, 0.6) is 0 Å². The molecule has 1 aromatic carbocycles. The van der Waals surface area contributed by atoms with Crippen molar-refractivity contribution >= 4 is 46.7 Å². The highest BCUT2D eigenvalue weighted by Gasteiger charge is 2.16. The van der Waals surface area contributed by atoms with Crippen LogP contribution in [0.15, 0.2) is 23.2 Å². The van der Waals surface area contributed by atoms with Crippen molar-refractivity contribution in [1.29, 1.82) is 0 Å². The highest BCUT2D eigenvalue weighted by molar-refractivity contribution is 6.36. The number of hydrogen-bond acceptors (Lipinski definition) is 3. The number of halogens is 2. The monoisotopic (exact) mass is 271 g/mol. The molecule has 0 amide bonds. The Hall–Kier alpha value is -1.19. The van der Waals surface area contributed by atoms with E-state index in [9.17, 15) is 9.59 Å². The van der Waals surface area contributed by atoms with Crippen molar-refractivity contribution in [3.05, 3.63) is 28.2 Å². The second-order valence-electron chi connectivity index (χ2n) is 3.57. The van der Waals surface area contributed by atoms with Gasteiger partial charge in [-0.1, -0.05) is 23.2 Å². The van der Waals surface area contributed by atoms with E-state index in [-0.39, 0.29) is 11.6 Å². The SMILES string of the molecule is CC(=O)C(C=Nc1ccc(Cl)cc1Cl)C(C)=O. The van der Waals surface area contributed by atoms with E-state index in [4.69, 9.17) is 23.2 Å². The number of aliphatic imine (C=N–C) groups is 1. The molecule has 0 aliphatic heterocycles. The minimum atomic E-state index is -0.818. The van der Waals surface area contributed by atoms with Crippen LogP contribution in [0.25, 0.3) is 0 Å². The first-order valence-corrected chi connectivity index (χ1v) is 5.67. The summed E-state index contributed by atoms with van der Waals surface area (Å²) in [6.45, 7) is 2.70. The molecule has 0 aromatic heterocycles. The number of benzene rings is 1. The van der Waals surface area contributed by atoms with Crippen molar-refractivity contribution < 1.29 is 9.59 Å². The number of Topliss-reactive ketones (excluding diaryl/α,β-unsaturated/α-hetero) is 2. The van der Waals surface area contributed by atoms with Crippen molar-refractivity contribution in [2.24, 2.45) is 10.9 Å². The molecule has 1 aromatic rings. The Bertz CT molecular complexity index is 469. The second kappa shape index (κ2) is 5.94. The second-order valence-corrected chi connectivity index (χ2v) is 4.42. The van der Waals surface area contributed by atoms with Crippen LogP contribution in [0.4, 0.5) is 5.69 Å². The third kappa shape index (κ3) is 3.95. The van der Waals surface area contributed by atoms with Crippen LogP contribution in [0.2, 0.25) is 10.0 Å². The average molecular weight is 272 g/mol. The maximum Gasteiger partial charge on any atom is 0.145 e. The molecule has 0 spiro atoms. The molecule has 0 heterocycles. The first-order chi connectivity index (χ1) is 7.91. The third-order valence-corrected chi connectivity index (χ3v) is 2.69. The zero-order valence-electron chi connectivity index (χ0n) is 9.41. The van der Waals surface area contributed by atoms with Gasteiger partial charge in [0.1, 0.15) is 17.5 Å². The maximum absolute atomic E-state index is 11.2. The maximum atomic E-state index is 11.2. The molecular weight excluding hydrogens is 261 g/mol. The molecule has 90 valence electrons. The highest BCUT2D eigenvalue weighted by Crippen LogP contribution is 2.27. The fourth-order valence-corrected chi connectivity index (χ4v) is 1.69. The van der Waals surface area contributed by atoms with E-state index in [0.29, 0.717) is 15.7 Å².